The number of hydrogen-bond acceptors (Lipinski definition) is 4. The maximum absolute atomic E-state index is 13.3. The lowest BCUT2D eigenvalue weighted by atomic mass is 10.0. The number of carbonyl (C=O) groups excluding carboxylic acids is 1. The lowest BCUT2D eigenvalue weighted by Crippen LogP contribution is -2.42. The first-order chi connectivity index (χ1) is 13.9. The predicted molar refractivity (Wildman–Crippen MR) is 113 cm³/mol. The Balaban J connectivity index is 1.83. The average Bonchev–Trinajstić information content (AvgIpc) is 3.25. The molecule has 7 heteroatoms. The molecular formula is C22H28N2O4S. The van der Waals surface area contributed by atoms with Crippen molar-refractivity contribution in [2.24, 2.45) is 0 Å². The second kappa shape index (κ2) is 9.41. The fourth-order valence-electron chi connectivity index (χ4n) is 3.28. The van der Waals surface area contributed by atoms with E-state index < -0.39 is 10.0 Å². The van der Waals surface area contributed by atoms with Crippen molar-refractivity contribution >= 4 is 21.6 Å². The van der Waals surface area contributed by atoms with E-state index in [0.717, 1.165) is 22.7 Å². The molecule has 0 aromatic heterocycles. The highest BCUT2D eigenvalue weighted by Gasteiger charge is 2.27. The summed E-state index contributed by atoms with van der Waals surface area (Å²) >= 11 is 0. The van der Waals surface area contributed by atoms with Crippen LogP contribution in [0.2, 0.25) is 0 Å². The number of nitrogens with zero attached hydrogens (tertiary/aromatic N) is 1. The van der Waals surface area contributed by atoms with Crippen molar-refractivity contribution in [1.82, 2.24) is 5.32 Å². The molecule has 1 N–H and O–H groups in total. The number of sulfonamides is 1. The van der Waals surface area contributed by atoms with Gasteiger partial charge in [-0.2, -0.15) is 0 Å². The van der Waals surface area contributed by atoms with Crippen molar-refractivity contribution in [3.8, 4) is 0 Å². The predicted octanol–water partition coefficient (Wildman–Crippen LogP) is 3.30. The van der Waals surface area contributed by atoms with Crippen LogP contribution in [-0.2, 0) is 19.6 Å². The Morgan fingerprint density at radius 2 is 1.83 bits per heavy atom. The van der Waals surface area contributed by atoms with Gasteiger partial charge in [-0.3, -0.25) is 9.10 Å². The maximum atomic E-state index is 13.3. The van der Waals surface area contributed by atoms with Gasteiger partial charge in [0.05, 0.1) is 16.7 Å². The van der Waals surface area contributed by atoms with Gasteiger partial charge in [-0.05, 0) is 48.6 Å². The Morgan fingerprint density at radius 3 is 2.41 bits per heavy atom. The van der Waals surface area contributed by atoms with Gasteiger partial charge in [-0.1, -0.05) is 44.2 Å². The molecule has 156 valence electrons. The Labute approximate surface area is 172 Å². The third-order valence-corrected chi connectivity index (χ3v) is 6.81. The number of nitrogens with one attached hydrogen (secondary N) is 1. The van der Waals surface area contributed by atoms with Crippen LogP contribution in [0.25, 0.3) is 0 Å². The first-order valence-corrected chi connectivity index (χ1v) is 11.4. The molecule has 1 heterocycles. The highest BCUT2D eigenvalue weighted by molar-refractivity contribution is 7.92. The van der Waals surface area contributed by atoms with Crippen LogP contribution < -0.4 is 9.62 Å². The van der Waals surface area contributed by atoms with Crippen LogP contribution in [0.15, 0.2) is 59.5 Å². The third-order valence-electron chi connectivity index (χ3n) is 5.02. The molecule has 6 nitrogen and oxygen atoms in total. The summed E-state index contributed by atoms with van der Waals surface area (Å²) in [4.78, 5) is 12.7. The van der Waals surface area contributed by atoms with E-state index in [2.05, 4.69) is 19.2 Å². The third kappa shape index (κ3) is 5.36. The Hall–Kier alpha value is -2.38. The van der Waals surface area contributed by atoms with Crippen molar-refractivity contribution in [3.05, 3.63) is 60.2 Å². The summed E-state index contributed by atoms with van der Waals surface area (Å²) in [5, 5.41) is 2.81. The van der Waals surface area contributed by atoms with Crippen LogP contribution in [0.1, 0.15) is 38.2 Å². The number of benzene rings is 2. The summed E-state index contributed by atoms with van der Waals surface area (Å²) in [7, 11) is -3.88. The molecule has 1 amide bonds. The highest BCUT2D eigenvalue weighted by Crippen LogP contribution is 2.25. The zero-order valence-corrected chi connectivity index (χ0v) is 17.7. The molecule has 0 bridgehead atoms. The van der Waals surface area contributed by atoms with Gasteiger partial charge in [-0.25, -0.2) is 8.42 Å². The number of hydrogen-bond donors (Lipinski definition) is 1. The Morgan fingerprint density at radius 1 is 1.14 bits per heavy atom. The van der Waals surface area contributed by atoms with E-state index in [-0.39, 0.29) is 23.5 Å². The first-order valence-electron chi connectivity index (χ1n) is 9.94. The van der Waals surface area contributed by atoms with Gasteiger partial charge in [0.25, 0.3) is 10.0 Å². The normalized spacial score (nSPS) is 16.7. The molecule has 1 aliphatic heterocycles. The van der Waals surface area contributed by atoms with Crippen molar-refractivity contribution in [3.63, 3.8) is 0 Å². The molecule has 0 radical (unpaired) electrons. The minimum absolute atomic E-state index is 0.00320. The van der Waals surface area contributed by atoms with Gasteiger partial charge in [-0.15, -0.1) is 0 Å². The van der Waals surface area contributed by atoms with E-state index >= 15 is 0 Å². The second-order valence-corrected chi connectivity index (χ2v) is 9.37. The molecular weight excluding hydrogens is 388 g/mol. The number of rotatable bonds is 8. The molecule has 0 unspecified atom stereocenters. The van der Waals surface area contributed by atoms with Crippen LogP contribution in [0.4, 0.5) is 5.69 Å². The summed E-state index contributed by atoms with van der Waals surface area (Å²) in [5.41, 5.74) is 1.57. The maximum Gasteiger partial charge on any atom is 0.264 e. The summed E-state index contributed by atoms with van der Waals surface area (Å²) in [5.74, 6) is -0.0223. The molecule has 1 atom stereocenters. The number of carbonyl (C=O) groups is 1. The van der Waals surface area contributed by atoms with Gasteiger partial charge < -0.3 is 10.1 Å². The molecule has 1 aliphatic rings. The summed E-state index contributed by atoms with van der Waals surface area (Å²) in [6.45, 7) is 4.96. The number of amides is 1. The molecule has 3 rings (SSSR count). The van der Waals surface area contributed by atoms with E-state index in [0.29, 0.717) is 24.8 Å². The summed E-state index contributed by atoms with van der Waals surface area (Å²) in [6, 6.07) is 15.5. The summed E-state index contributed by atoms with van der Waals surface area (Å²) in [6.07, 6.45) is 1.89. The Kier molecular flexibility index (Phi) is 6.92. The minimum Gasteiger partial charge on any atom is -0.376 e. The van der Waals surface area contributed by atoms with Crippen molar-refractivity contribution in [2.45, 2.75) is 43.6 Å². The average molecular weight is 417 g/mol. The van der Waals surface area contributed by atoms with Crippen molar-refractivity contribution < 1.29 is 17.9 Å². The number of anilines is 1. The van der Waals surface area contributed by atoms with E-state index in [1.54, 1.807) is 30.3 Å². The quantitative estimate of drug-likeness (QED) is 0.716. The molecule has 0 aliphatic carbocycles. The lowest BCUT2D eigenvalue weighted by Gasteiger charge is -2.25. The molecule has 1 fully saturated rings. The van der Waals surface area contributed by atoms with Gasteiger partial charge >= 0.3 is 0 Å². The van der Waals surface area contributed by atoms with Crippen LogP contribution in [-0.4, -0.2) is 40.1 Å². The molecule has 0 spiro atoms. The zero-order valence-electron chi connectivity index (χ0n) is 16.9. The zero-order chi connectivity index (χ0) is 20.9. The molecule has 29 heavy (non-hydrogen) atoms. The summed E-state index contributed by atoms with van der Waals surface area (Å²) < 4.78 is 33.2. The van der Waals surface area contributed by atoms with Crippen LogP contribution in [0, 0.1) is 0 Å². The van der Waals surface area contributed by atoms with Crippen molar-refractivity contribution in [2.75, 3.05) is 24.0 Å². The van der Waals surface area contributed by atoms with Gasteiger partial charge in [0, 0.05) is 13.2 Å². The molecule has 1 saturated heterocycles. The van der Waals surface area contributed by atoms with E-state index in [1.165, 1.54) is 12.1 Å². The smallest absolute Gasteiger partial charge is 0.264 e. The molecule has 0 saturated carbocycles. The monoisotopic (exact) mass is 416 g/mol. The van der Waals surface area contributed by atoms with Gasteiger partial charge in [0.15, 0.2) is 0 Å². The van der Waals surface area contributed by atoms with Gasteiger partial charge in [0.2, 0.25) is 5.91 Å². The highest BCUT2D eigenvalue weighted by atomic mass is 32.2. The van der Waals surface area contributed by atoms with Crippen LogP contribution in [0.5, 0.6) is 0 Å². The Bertz CT molecular complexity index is 906. The number of ether oxygens (including phenoxy) is 1. The van der Waals surface area contributed by atoms with Crippen LogP contribution >= 0.6 is 0 Å². The standard InChI is InChI=1S/C22H28N2O4S/c1-17(2)18-10-12-19(13-11-18)24(29(26,27)21-8-4-3-5-9-21)16-22(25)23-15-20-7-6-14-28-20/h3-5,8-13,17,20H,6-7,14-16H2,1-2H3,(H,23,25)/t20-/m1/s1. The van der Waals surface area contributed by atoms with E-state index in [1.807, 2.05) is 12.1 Å². The van der Waals surface area contributed by atoms with Crippen molar-refractivity contribution in [1.29, 1.82) is 0 Å². The van der Waals surface area contributed by atoms with E-state index in [4.69, 9.17) is 4.74 Å². The largest absolute Gasteiger partial charge is 0.376 e. The first kappa shape index (κ1) is 21.3. The van der Waals surface area contributed by atoms with E-state index in [9.17, 15) is 13.2 Å². The fourth-order valence-corrected chi connectivity index (χ4v) is 4.72. The fraction of sp³-hybridized carbons (Fsp3) is 0.409. The molecule has 2 aromatic carbocycles. The minimum atomic E-state index is -3.88. The van der Waals surface area contributed by atoms with Crippen LogP contribution in [0.3, 0.4) is 0 Å². The molecule has 2 aromatic rings. The topological polar surface area (TPSA) is 75.7 Å². The SMILES string of the molecule is CC(C)c1ccc(N(CC(=O)NC[C@H]2CCCO2)S(=O)(=O)c2ccccc2)cc1. The van der Waals surface area contributed by atoms with Gasteiger partial charge in [0.1, 0.15) is 6.54 Å². The second-order valence-electron chi connectivity index (χ2n) is 7.51. The lowest BCUT2D eigenvalue weighted by molar-refractivity contribution is -0.120.